The Kier molecular flexibility index (Phi) is 4.18. The highest BCUT2D eigenvalue weighted by Crippen LogP contribution is 2.14. The SMILES string of the molecule is Cc1cc(CN2CCCC(NC(C)C)C2)no1. The number of piperidine rings is 1. The van der Waals surface area contributed by atoms with Crippen molar-refractivity contribution >= 4 is 0 Å². The van der Waals surface area contributed by atoms with Crippen LogP contribution in [-0.2, 0) is 6.54 Å². The molecule has 0 radical (unpaired) electrons. The van der Waals surface area contributed by atoms with Crippen molar-refractivity contribution in [3.8, 4) is 0 Å². The molecular weight excluding hydrogens is 214 g/mol. The summed E-state index contributed by atoms with van der Waals surface area (Å²) in [6.45, 7) is 9.55. The number of aromatic nitrogens is 1. The molecule has 4 heteroatoms. The molecule has 0 spiro atoms. The van der Waals surface area contributed by atoms with Crippen molar-refractivity contribution in [3.05, 3.63) is 17.5 Å². The van der Waals surface area contributed by atoms with E-state index in [1.165, 1.54) is 19.4 Å². The van der Waals surface area contributed by atoms with Crippen molar-refractivity contribution in [3.63, 3.8) is 0 Å². The molecule has 1 aliphatic rings. The molecule has 0 aromatic carbocycles. The van der Waals surface area contributed by atoms with Crippen LogP contribution in [0.25, 0.3) is 0 Å². The maximum Gasteiger partial charge on any atom is 0.133 e. The maximum atomic E-state index is 5.11. The molecule has 1 aliphatic heterocycles. The third-order valence-corrected chi connectivity index (χ3v) is 3.14. The van der Waals surface area contributed by atoms with Crippen LogP contribution >= 0.6 is 0 Å². The highest BCUT2D eigenvalue weighted by atomic mass is 16.5. The molecule has 2 rings (SSSR count). The van der Waals surface area contributed by atoms with E-state index in [0.29, 0.717) is 12.1 Å². The number of hydrogen-bond acceptors (Lipinski definition) is 4. The minimum absolute atomic E-state index is 0.564. The minimum atomic E-state index is 0.564. The van der Waals surface area contributed by atoms with Crippen molar-refractivity contribution in [2.75, 3.05) is 13.1 Å². The minimum Gasteiger partial charge on any atom is -0.361 e. The second kappa shape index (κ2) is 5.65. The third-order valence-electron chi connectivity index (χ3n) is 3.14. The first-order chi connectivity index (χ1) is 8.13. The molecule has 0 aliphatic carbocycles. The second-order valence-electron chi connectivity index (χ2n) is 5.32. The molecule has 4 nitrogen and oxygen atoms in total. The molecule has 1 aromatic rings. The molecule has 0 bridgehead atoms. The van der Waals surface area contributed by atoms with E-state index < -0.39 is 0 Å². The first kappa shape index (κ1) is 12.6. The van der Waals surface area contributed by atoms with Crippen LogP contribution in [0, 0.1) is 6.92 Å². The zero-order valence-electron chi connectivity index (χ0n) is 11.1. The first-order valence-electron chi connectivity index (χ1n) is 6.54. The highest BCUT2D eigenvalue weighted by molar-refractivity contribution is 5.03. The summed E-state index contributed by atoms with van der Waals surface area (Å²) in [4.78, 5) is 2.46. The van der Waals surface area contributed by atoms with Gasteiger partial charge in [-0.25, -0.2) is 0 Å². The van der Waals surface area contributed by atoms with E-state index in [4.69, 9.17) is 4.52 Å². The Morgan fingerprint density at radius 1 is 1.59 bits per heavy atom. The Morgan fingerprint density at radius 3 is 3.06 bits per heavy atom. The molecule has 1 aromatic heterocycles. The van der Waals surface area contributed by atoms with Crippen LogP contribution in [-0.4, -0.2) is 35.2 Å². The summed E-state index contributed by atoms with van der Waals surface area (Å²) in [5.74, 6) is 0.897. The number of nitrogens with zero attached hydrogens (tertiary/aromatic N) is 2. The second-order valence-corrected chi connectivity index (χ2v) is 5.32. The molecule has 17 heavy (non-hydrogen) atoms. The van der Waals surface area contributed by atoms with E-state index in [9.17, 15) is 0 Å². The van der Waals surface area contributed by atoms with E-state index in [-0.39, 0.29) is 0 Å². The largest absolute Gasteiger partial charge is 0.361 e. The Hall–Kier alpha value is -0.870. The van der Waals surface area contributed by atoms with Crippen LogP contribution in [0.5, 0.6) is 0 Å². The fourth-order valence-corrected chi connectivity index (χ4v) is 2.53. The Morgan fingerprint density at radius 2 is 2.41 bits per heavy atom. The lowest BCUT2D eigenvalue weighted by atomic mass is 10.0. The number of likely N-dealkylation sites (tertiary alicyclic amines) is 1. The van der Waals surface area contributed by atoms with Gasteiger partial charge in [-0.1, -0.05) is 19.0 Å². The molecule has 1 atom stereocenters. The zero-order chi connectivity index (χ0) is 12.3. The van der Waals surface area contributed by atoms with Crippen LogP contribution in [0.15, 0.2) is 10.6 Å². The lowest BCUT2D eigenvalue weighted by molar-refractivity contribution is 0.174. The zero-order valence-corrected chi connectivity index (χ0v) is 11.1. The quantitative estimate of drug-likeness (QED) is 0.869. The van der Waals surface area contributed by atoms with Gasteiger partial charge >= 0.3 is 0 Å². The van der Waals surface area contributed by atoms with Gasteiger partial charge in [0.05, 0.1) is 5.69 Å². The number of rotatable bonds is 4. The van der Waals surface area contributed by atoms with Crippen LogP contribution in [0.3, 0.4) is 0 Å². The monoisotopic (exact) mass is 237 g/mol. The molecule has 1 fully saturated rings. The van der Waals surface area contributed by atoms with Gasteiger partial charge < -0.3 is 9.84 Å². The Labute approximate surface area is 103 Å². The van der Waals surface area contributed by atoms with E-state index in [1.807, 2.05) is 13.0 Å². The van der Waals surface area contributed by atoms with Crippen molar-refractivity contribution in [1.29, 1.82) is 0 Å². The summed E-state index contributed by atoms with van der Waals surface area (Å²) in [5, 5.41) is 7.68. The highest BCUT2D eigenvalue weighted by Gasteiger charge is 2.20. The van der Waals surface area contributed by atoms with Crippen LogP contribution < -0.4 is 5.32 Å². The summed E-state index contributed by atoms with van der Waals surface area (Å²) < 4.78 is 5.11. The molecule has 0 amide bonds. The van der Waals surface area contributed by atoms with Gasteiger partial charge in [0.2, 0.25) is 0 Å². The molecule has 0 saturated carbocycles. The van der Waals surface area contributed by atoms with Crippen molar-refractivity contribution in [1.82, 2.24) is 15.4 Å². The average Bonchev–Trinajstić information content (AvgIpc) is 2.63. The Balaban J connectivity index is 1.85. The standard InChI is InChI=1S/C13H23N3O/c1-10(2)14-12-5-4-6-16(8-12)9-13-7-11(3)17-15-13/h7,10,12,14H,4-6,8-9H2,1-3H3. The smallest absolute Gasteiger partial charge is 0.133 e. The summed E-state index contributed by atoms with van der Waals surface area (Å²) in [5.41, 5.74) is 1.05. The van der Waals surface area contributed by atoms with E-state index in [0.717, 1.165) is 24.5 Å². The van der Waals surface area contributed by atoms with Gasteiger partial charge in [-0.05, 0) is 26.3 Å². The van der Waals surface area contributed by atoms with Gasteiger partial charge in [0.15, 0.2) is 0 Å². The molecule has 96 valence electrons. The molecule has 1 unspecified atom stereocenters. The number of hydrogen-bond donors (Lipinski definition) is 1. The lowest BCUT2D eigenvalue weighted by Crippen LogP contribution is -2.47. The van der Waals surface area contributed by atoms with E-state index in [1.54, 1.807) is 0 Å². The predicted octanol–water partition coefficient (Wildman–Crippen LogP) is 1.95. The Bertz CT molecular complexity index is 348. The van der Waals surface area contributed by atoms with Crippen LogP contribution in [0.2, 0.25) is 0 Å². The number of nitrogens with one attached hydrogen (secondary N) is 1. The van der Waals surface area contributed by atoms with Gasteiger partial charge in [-0.3, -0.25) is 4.90 Å². The van der Waals surface area contributed by atoms with E-state index in [2.05, 4.69) is 29.2 Å². The summed E-state index contributed by atoms with van der Waals surface area (Å²) in [6, 6.07) is 3.21. The van der Waals surface area contributed by atoms with Crippen molar-refractivity contribution in [2.45, 2.75) is 52.2 Å². The van der Waals surface area contributed by atoms with Gasteiger partial charge in [0.1, 0.15) is 5.76 Å². The summed E-state index contributed by atoms with van der Waals surface area (Å²) in [7, 11) is 0. The van der Waals surface area contributed by atoms with Crippen molar-refractivity contribution < 1.29 is 4.52 Å². The topological polar surface area (TPSA) is 41.3 Å². The van der Waals surface area contributed by atoms with E-state index >= 15 is 0 Å². The van der Waals surface area contributed by atoms with Crippen LogP contribution in [0.1, 0.15) is 38.1 Å². The molecular formula is C13H23N3O. The lowest BCUT2D eigenvalue weighted by Gasteiger charge is -2.33. The average molecular weight is 237 g/mol. The molecule has 2 heterocycles. The van der Waals surface area contributed by atoms with Gasteiger partial charge in [0.25, 0.3) is 0 Å². The third kappa shape index (κ3) is 3.82. The van der Waals surface area contributed by atoms with Gasteiger partial charge in [-0.15, -0.1) is 0 Å². The summed E-state index contributed by atoms with van der Waals surface area (Å²) >= 11 is 0. The number of aryl methyl sites for hydroxylation is 1. The fourth-order valence-electron chi connectivity index (χ4n) is 2.53. The van der Waals surface area contributed by atoms with Crippen molar-refractivity contribution in [2.24, 2.45) is 0 Å². The molecule has 1 N–H and O–H groups in total. The maximum absolute atomic E-state index is 5.11. The molecule has 1 saturated heterocycles. The first-order valence-corrected chi connectivity index (χ1v) is 6.54. The normalized spacial score (nSPS) is 22.2. The van der Waals surface area contributed by atoms with Gasteiger partial charge in [-0.2, -0.15) is 0 Å². The fraction of sp³-hybridized carbons (Fsp3) is 0.769. The van der Waals surface area contributed by atoms with Gasteiger partial charge in [0, 0.05) is 31.2 Å². The van der Waals surface area contributed by atoms with Crippen LogP contribution in [0.4, 0.5) is 0 Å². The summed E-state index contributed by atoms with van der Waals surface area (Å²) in [6.07, 6.45) is 2.55. The predicted molar refractivity (Wildman–Crippen MR) is 67.8 cm³/mol.